The minimum absolute atomic E-state index is 0.0602. The van der Waals surface area contributed by atoms with E-state index in [0.29, 0.717) is 18.2 Å². The van der Waals surface area contributed by atoms with Gasteiger partial charge in [-0.25, -0.2) is 0 Å². The quantitative estimate of drug-likeness (QED) is 0.842. The van der Waals surface area contributed by atoms with Crippen LogP contribution in [-0.4, -0.2) is 22.4 Å². The van der Waals surface area contributed by atoms with E-state index in [0.717, 1.165) is 16.7 Å². The van der Waals surface area contributed by atoms with Gasteiger partial charge in [-0.1, -0.05) is 38.1 Å². The summed E-state index contributed by atoms with van der Waals surface area (Å²) in [7, 11) is -1.20. The van der Waals surface area contributed by atoms with Crippen LogP contribution in [0, 0.1) is 5.92 Å². The molecule has 1 amide bonds. The molecular formula is C17H21NO2S2. The fourth-order valence-corrected chi connectivity index (χ4v) is 3.84. The summed E-state index contributed by atoms with van der Waals surface area (Å²) in [5.41, 5.74) is 3.26. The van der Waals surface area contributed by atoms with Gasteiger partial charge in [0.15, 0.2) is 0 Å². The van der Waals surface area contributed by atoms with E-state index in [4.69, 9.17) is 0 Å². The van der Waals surface area contributed by atoms with Crippen molar-refractivity contribution >= 4 is 28.0 Å². The molecule has 1 aromatic carbocycles. The van der Waals surface area contributed by atoms with Crippen molar-refractivity contribution in [2.24, 2.45) is 5.92 Å². The van der Waals surface area contributed by atoms with Crippen molar-refractivity contribution in [3.05, 3.63) is 46.7 Å². The van der Waals surface area contributed by atoms with Crippen LogP contribution in [0.25, 0.3) is 11.1 Å². The Morgan fingerprint density at radius 1 is 1.27 bits per heavy atom. The number of hydrogen-bond acceptors (Lipinski definition) is 3. The van der Waals surface area contributed by atoms with E-state index in [-0.39, 0.29) is 11.7 Å². The maximum absolute atomic E-state index is 12.2. The van der Waals surface area contributed by atoms with Crippen LogP contribution in [0.4, 0.5) is 0 Å². The van der Waals surface area contributed by atoms with Crippen LogP contribution < -0.4 is 5.32 Å². The highest BCUT2D eigenvalue weighted by Crippen LogP contribution is 2.26. The number of thiophene rings is 1. The molecule has 1 atom stereocenters. The third-order valence-electron chi connectivity index (χ3n) is 3.17. The Morgan fingerprint density at radius 3 is 2.73 bits per heavy atom. The molecule has 3 nitrogen and oxygen atoms in total. The molecule has 0 radical (unpaired) electrons. The number of amides is 1. The lowest BCUT2D eigenvalue weighted by molar-refractivity contribution is -0.118. The molecule has 0 aliphatic rings. The molecule has 0 bridgehead atoms. The Balaban J connectivity index is 1.99. The summed E-state index contributed by atoms with van der Waals surface area (Å²) in [5.74, 6) is 0.725. The van der Waals surface area contributed by atoms with Gasteiger partial charge in [-0.05, 0) is 39.4 Å². The van der Waals surface area contributed by atoms with E-state index in [1.54, 1.807) is 11.3 Å². The first-order valence-corrected chi connectivity index (χ1v) is 9.71. The Hall–Kier alpha value is -1.46. The molecule has 22 heavy (non-hydrogen) atoms. The molecule has 0 aliphatic heterocycles. The standard InChI is InChI=1S/C17H21NO2S2/c1-13(2)9-18-17(19)12-22(20)11-15-5-3-4-6-16(15)14-7-8-21-10-14/h3-8,10,13H,9,11-12H2,1-2H3,(H,18,19). The van der Waals surface area contributed by atoms with Crippen molar-refractivity contribution < 1.29 is 9.00 Å². The summed E-state index contributed by atoms with van der Waals surface area (Å²) in [6.07, 6.45) is 0. The predicted molar refractivity (Wildman–Crippen MR) is 94.3 cm³/mol. The van der Waals surface area contributed by atoms with E-state index >= 15 is 0 Å². The normalized spacial score (nSPS) is 12.3. The molecule has 118 valence electrons. The molecular weight excluding hydrogens is 314 g/mol. The van der Waals surface area contributed by atoms with Gasteiger partial charge in [-0.15, -0.1) is 0 Å². The molecule has 1 heterocycles. The van der Waals surface area contributed by atoms with Crippen LogP contribution in [0.5, 0.6) is 0 Å². The van der Waals surface area contributed by atoms with Crippen LogP contribution >= 0.6 is 11.3 Å². The second kappa shape index (κ2) is 8.25. The first-order chi connectivity index (χ1) is 10.6. The Bertz CT molecular complexity index is 636. The number of nitrogens with one attached hydrogen (secondary N) is 1. The molecule has 0 saturated heterocycles. The second-order valence-corrected chi connectivity index (χ2v) is 7.83. The average molecular weight is 335 g/mol. The number of benzene rings is 1. The topological polar surface area (TPSA) is 46.2 Å². The van der Waals surface area contributed by atoms with Gasteiger partial charge in [0.05, 0.1) is 0 Å². The largest absolute Gasteiger partial charge is 0.355 e. The Morgan fingerprint density at radius 2 is 2.05 bits per heavy atom. The van der Waals surface area contributed by atoms with Gasteiger partial charge >= 0.3 is 0 Å². The number of carbonyl (C=O) groups excluding carboxylic acids is 1. The minimum Gasteiger partial charge on any atom is -0.355 e. The van der Waals surface area contributed by atoms with Crippen LogP contribution in [-0.2, 0) is 21.3 Å². The van der Waals surface area contributed by atoms with Gasteiger partial charge in [0, 0.05) is 23.1 Å². The van der Waals surface area contributed by atoms with E-state index < -0.39 is 10.8 Å². The van der Waals surface area contributed by atoms with Crippen molar-refractivity contribution in [2.45, 2.75) is 19.6 Å². The van der Waals surface area contributed by atoms with Crippen LogP contribution in [0.2, 0.25) is 0 Å². The zero-order chi connectivity index (χ0) is 15.9. The van der Waals surface area contributed by atoms with Gasteiger partial charge in [-0.2, -0.15) is 11.3 Å². The van der Waals surface area contributed by atoms with Gasteiger partial charge < -0.3 is 5.32 Å². The highest BCUT2D eigenvalue weighted by molar-refractivity contribution is 7.84. The highest BCUT2D eigenvalue weighted by atomic mass is 32.2. The van der Waals surface area contributed by atoms with Gasteiger partial charge in [0.2, 0.25) is 5.91 Å². The number of rotatable bonds is 7. The summed E-state index contributed by atoms with van der Waals surface area (Å²) >= 11 is 1.64. The van der Waals surface area contributed by atoms with Crippen LogP contribution in [0.1, 0.15) is 19.4 Å². The lowest BCUT2D eigenvalue weighted by Crippen LogP contribution is -2.31. The molecule has 5 heteroatoms. The summed E-state index contributed by atoms with van der Waals surface area (Å²) in [5, 5.41) is 6.92. The SMILES string of the molecule is CC(C)CNC(=O)CS(=O)Cc1ccccc1-c1ccsc1. The van der Waals surface area contributed by atoms with Crippen molar-refractivity contribution in [1.29, 1.82) is 0 Å². The predicted octanol–water partition coefficient (Wildman–Crippen LogP) is 3.44. The van der Waals surface area contributed by atoms with Crippen molar-refractivity contribution in [1.82, 2.24) is 5.32 Å². The Kier molecular flexibility index (Phi) is 6.34. The number of hydrogen-bond donors (Lipinski definition) is 1. The molecule has 0 spiro atoms. The molecule has 1 aromatic heterocycles. The molecule has 2 rings (SSSR count). The fourth-order valence-electron chi connectivity index (χ4n) is 2.09. The summed E-state index contributed by atoms with van der Waals surface area (Å²) in [6, 6.07) is 10.0. The first kappa shape index (κ1) is 16.9. The molecule has 0 fully saturated rings. The third kappa shape index (κ3) is 5.07. The van der Waals surface area contributed by atoms with E-state index in [1.807, 2.05) is 43.5 Å². The van der Waals surface area contributed by atoms with E-state index in [1.165, 1.54) is 0 Å². The second-order valence-electron chi connectivity index (χ2n) is 5.60. The van der Waals surface area contributed by atoms with E-state index in [9.17, 15) is 9.00 Å². The van der Waals surface area contributed by atoms with Crippen LogP contribution in [0.15, 0.2) is 41.1 Å². The molecule has 1 N–H and O–H groups in total. The van der Waals surface area contributed by atoms with Crippen molar-refractivity contribution in [3.8, 4) is 11.1 Å². The average Bonchev–Trinajstić information content (AvgIpc) is 2.99. The minimum atomic E-state index is -1.20. The zero-order valence-corrected chi connectivity index (χ0v) is 14.5. The zero-order valence-electron chi connectivity index (χ0n) is 12.9. The molecule has 1 unspecified atom stereocenters. The lowest BCUT2D eigenvalue weighted by Gasteiger charge is -2.10. The summed E-state index contributed by atoms with van der Waals surface area (Å²) < 4.78 is 12.2. The smallest absolute Gasteiger partial charge is 0.232 e. The highest BCUT2D eigenvalue weighted by Gasteiger charge is 2.12. The first-order valence-electron chi connectivity index (χ1n) is 7.28. The Labute approximate surface area is 138 Å². The summed E-state index contributed by atoms with van der Waals surface area (Å²) in [4.78, 5) is 11.8. The van der Waals surface area contributed by atoms with Crippen molar-refractivity contribution in [3.63, 3.8) is 0 Å². The van der Waals surface area contributed by atoms with Crippen LogP contribution in [0.3, 0.4) is 0 Å². The van der Waals surface area contributed by atoms with Gasteiger partial charge in [0.25, 0.3) is 0 Å². The molecule has 0 saturated carbocycles. The number of carbonyl (C=O) groups is 1. The monoisotopic (exact) mass is 335 g/mol. The maximum Gasteiger partial charge on any atom is 0.232 e. The summed E-state index contributed by atoms with van der Waals surface area (Å²) in [6.45, 7) is 4.70. The molecule has 0 aliphatic carbocycles. The van der Waals surface area contributed by atoms with Crippen molar-refractivity contribution in [2.75, 3.05) is 12.3 Å². The molecule has 2 aromatic rings. The van der Waals surface area contributed by atoms with Gasteiger partial charge in [0.1, 0.15) is 5.75 Å². The van der Waals surface area contributed by atoms with E-state index in [2.05, 4.69) is 16.8 Å². The maximum atomic E-state index is 12.2. The lowest BCUT2D eigenvalue weighted by atomic mass is 10.0. The third-order valence-corrected chi connectivity index (χ3v) is 5.07. The fraction of sp³-hybridized carbons (Fsp3) is 0.353. The van der Waals surface area contributed by atoms with Gasteiger partial charge in [-0.3, -0.25) is 9.00 Å².